The molecule has 2 rings (SSSR count). The van der Waals surface area contributed by atoms with Gasteiger partial charge in [0.15, 0.2) is 0 Å². The molecule has 0 heterocycles. The molecule has 0 bridgehead atoms. The topological polar surface area (TPSA) is 47.3 Å². The molecule has 0 atom stereocenters. The fourth-order valence-electron chi connectivity index (χ4n) is 2.43. The Kier molecular flexibility index (Phi) is 4.40. The van der Waals surface area contributed by atoms with Crippen LogP contribution in [-0.4, -0.2) is 19.2 Å². The molecule has 1 aromatic carbocycles. The van der Waals surface area contributed by atoms with Gasteiger partial charge in [0.1, 0.15) is 5.75 Å². The third kappa shape index (κ3) is 3.45. The third-order valence-corrected chi connectivity index (χ3v) is 3.55. The van der Waals surface area contributed by atoms with E-state index in [9.17, 15) is 0 Å². The van der Waals surface area contributed by atoms with Crippen LogP contribution < -0.4 is 15.8 Å². The van der Waals surface area contributed by atoms with Crippen LogP contribution in [0.3, 0.4) is 0 Å². The maximum atomic E-state index is 5.90. The Morgan fingerprint density at radius 3 is 2.65 bits per heavy atom. The number of hydrogen-bond donors (Lipinski definition) is 2. The molecule has 1 fully saturated rings. The Bertz CT molecular complexity index is 346. The normalized spacial score (nSPS) is 24.6. The van der Waals surface area contributed by atoms with Crippen LogP contribution in [0.4, 0.5) is 0 Å². The van der Waals surface area contributed by atoms with E-state index in [2.05, 4.69) is 17.4 Å². The first-order chi connectivity index (χ1) is 8.29. The van der Waals surface area contributed by atoms with Crippen LogP contribution in [-0.2, 0) is 6.54 Å². The molecule has 3 N–H and O–H groups in total. The molecule has 1 aliphatic rings. The Hall–Kier alpha value is -1.06. The van der Waals surface area contributed by atoms with Crippen molar-refractivity contribution in [1.29, 1.82) is 0 Å². The molecule has 1 aliphatic carbocycles. The van der Waals surface area contributed by atoms with Gasteiger partial charge in [0.25, 0.3) is 0 Å². The van der Waals surface area contributed by atoms with E-state index in [1.807, 2.05) is 12.1 Å². The van der Waals surface area contributed by atoms with Gasteiger partial charge in [-0.2, -0.15) is 0 Å². The number of rotatable bonds is 4. The molecule has 0 aliphatic heterocycles. The summed E-state index contributed by atoms with van der Waals surface area (Å²) in [6, 6.07) is 9.20. The summed E-state index contributed by atoms with van der Waals surface area (Å²) in [5, 5.41) is 3.60. The van der Waals surface area contributed by atoms with Crippen molar-refractivity contribution >= 4 is 0 Å². The zero-order chi connectivity index (χ0) is 12.1. The first-order valence-electron chi connectivity index (χ1n) is 6.40. The first kappa shape index (κ1) is 12.4. The van der Waals surface area contributed by atoms with E-state index < -0.39 is 0 Å². The SMILES string of the molecule is COc1ccccc1CNC1CCC(N)CC1. The van der Waals surface area contributed by atoms with Crippen molar-refractivity contribution in [1.82, 2.24) is 5.32 Å². The van der Waals surface area contributed by atoms with Crippen LogP contribution in [0.5, 0.6) is 5.75 Å². The van der Waals surface area contributed by atoms with E-state index in [-0.39, 0.29) is 0 Å². The highest BCUT2D eigenvalue weighted by molar-refractivity contribution is 5.33. The molecule has 3 nitrogen and oxygen atoms in total. The number of nitrogens with two attached hydrogens (primary N) is 1. The maximum absolute atomic E-state index is 5.90. The number of hydrogen-bond acceptors (Lipinski definition) is 3. The highest BCUT2D eigenvalue weighted by Crippen LogP contribution is 2.20. The Balaban J connectivity index is 1.85. The van der Waals surface area contributed by atoms with Gasteiger partial charge in [-0.15, -0.1) is 0 Å². The van der Waals surface area contributed by atoms with E-state index in [4.69, 9.17) is 10.5 Å². The van der Waals surface area contributed by atoms with Gasteiger partial charge in [-0.1, -0.05) is 18.2 Å². The third-order valence-electron chi connectivity index (χ3n) is 3.55. The van der Waals surface area contributed by atoms with E-state index in [1.165, 1.54) is 18.4 Å². The van der Waals surface area contributed by atoms with Crippen LogP contribution >= 0.6 is 0 Å². The molecule has 0 radical (unpaired) electrons. The molecule has 3 heteroatoms. The van der Waals surface area contributed by atoms with Crippen molar-refractivity contribution < 1.29 is 4.74 Å². The molecular weight excluding hydrogens is 212 g/mol. The second kappa shape index (κ2) is 6.03. The average molecular weight is 234 g/mol. The molecule has 1 saturated carbocycles. The standard InChI is InChI=1S/C14H22N2O/c1-17-14-5-3-2-4-11(14)10-16-13-8-6-12(15)7-9-13/h2-5,12-13,16H,6-10,15H2,1H3. The Morgan fingerprint density at radius 1 is 1.24 bits per heavy atom. The quantitative estimate of drug-likeness (QED) is 0.838. The molecule has 1 aromatic rings. The molecule has 0 unspecified atom stereocenters. The highest BCUT2D eigenvalue weighted by atomic mass is 16.5. The van der Waals surface area contributed by atoms with Crippen molar-refractivity contribution in [3.8, 4) is 5.75 Å². The van der Waals surface area contributed by atoms with Crippen molar-refractivity contribution in [3.05, 3.63) is 29.8 Å². The highest BCUT2D eigenvalue weighted by Gasteiger charge is 2.18. The predicted octanol–water partition coefficient (Wildman–Crippen LogP) is 2.05. The summed E-state index contributed by atoms with van der Waals surface area (Å²) in [5.41, 5.74) is 7.13. The Labute approximate surface area is 103 Å². The van der Waals surface area contributed by atoms with E-state index in [0.29, 0.717) is 12.1 Å². The second-order valence-corrected chi connectivity index (χ2v) is 4.80. The van der Waals surface area contributed by atoms with Gasteiger partial charge >= 0.3 is 0 Å². The summed E-state index contributed by atoms with van der Waals surface area (Å²) in [6.07, 6.45) is 4.67. The molecule has 0 spiro atoms. The molecule has 0 aromatic heterocycles. The van der Waals surface area contributed by atoms with Gasteiger partial charge in [0.2, 0.25) is 0 Å². The number of ether oxygens (including phenoxy) is 1. The Morgan fingerprint density at radius 2 is 1.94 bits per heavy atom. The fourth-order valence-corrected chi connectivity index (χ4v) is 2.43. The number of para-hydroxylation sites is 1. The number of methoxy groups -OCH3 is 1. The summed E-state index contributed by atoms with van der Waals surface area (Å²) >= 11 is 0. The minimum absolute atomic E-state index is 0.416. The minimum Gasteiger partial charge on any atom is -0.496 e. The second-order valence-electron chi connectivity index (χ2n) is 4.80. The lowest BCUT2D eigenvalue weighted by Crippen LogP contribution is -2.37. The van der Waals surface area contributed by atoms with Gasteiger partial charge < -0.3 is 15.8 Å². The largest absolute Gasteiger partial charge is 0.496 e. The maximum Gasteiger partial charge on any atom is 0.123 e. The lowest BCUT2D eigenvalue weighted by Gasteiger charge is -2.27. The summed E-state index contributed by atoms with van der Waals surface area (Å²) in [6.45, 7) is 0.879. The van der Waals surface area contributed by atoms with E-state index in [1.54, 1.807) is 7.11 Å². The summed E-state index contributed by atoms with van der Waals surface area (Å²) < 4.78 is 5.34. The van der Waals surface area contributed by atoms with Gasteiger partial charge in [0, 0.05) is 24.2 Å². The van der Waals surface area contributed by atoms with Crippen molar-refractivity contribution in [2.24, 2.45) is 5.73 Å². The molecular formula is C14H22N2O. The smallest absolute Gasteiger partial charge is 0.123 e. The van der Waals surface area contributed by atoms with Gasteiger partial charge in [-0.05, 0) is 31.7 Å². The molecule has 94 valence electrons. The van der Waals surface area contributed by atoms with Crippen molar-refractivity contribution in [2.75, 3.05) is 7.11 Å². The molecule has 0 amide bonds. The van der Waals surface area contributed by atoms with Crippen LogP contribution in [0, 0.1) is 0 Å². The first-order valence-corrected chi connectivity index (χ1v) is 6.40. The van der Waals surface area contributed by atoms with Crippen LogP contribution in [0.15, 0.2) is 24.3 Å². The average Bonchev–Trinajstić information content (AvgIpc) is 2.38. The molecule has 17 heavy (non-hydrogen) atoms. The van der Waals surface area contributed by atoms with Gasteiger partial charge in [0.05, 0.1) is 7.11 Å². The summed E-state index contributed by atoms with van der Waals surface area (Å²) in [7, 11) is 1.72. The van der Waals surface area contributed by atoms with Gasteiger partial charge in [-0.3, -0.25) is 0 Å². The van der Waals surface area contributed by atoms with E-state index >= 15 is 0 Å². The van der Waals surface area contributed by atoms with Crippen LogP contribution in [0.2, 0.25) is 0 Å². The zero-order valence-corrected chi connectivity index (χ0v) is 10.5. The van der Waals surface area contributed by atoms with Crippen LogP contribution in [0.1, 0.15) is 31.2 Å². The number of nitrogens with one attached hydrogen (secondary N) is 1. The van der Waals surface area contributed by atoms with Gasteiger partial charge in [-0.25, -0.2) is 0 Å². The monoisotopic (exact) mass is 234 g/mol. The van der Waals surface area contributed by atoms with Crippen molar-refractivity contribution in [3.63, 3.8) is 0 Å². The summed E-state index contributed by atoms with van der Waals surface area (Å²) in [4.78, 5) is 0. The fraction of sp³-hybridized carbons (Fsp3) is 0.571. The van der Waals surface area contributed by atoms with E-state index in [0.717, 1.165) is 25.1 Å². The number of benzene rings is 1. The van der Waals surface area contributed by atoms with Crippen LogP contribution in [0.25, 0.3) is 0 Å². The lowest BCUT2D eigenvalue weighted by molar-refractivity contribution is 0.338. The predicted molar refractivity (Wildman–Crippen MR) is 70.1 cm³/mol. The molecule has 0 saturated heterocycles. The lowest BCUT2D eigenvalue weighted by atomic mass is 9.92. The van der Waals surface area contributed by atoms with Crippen molar-refractivity contribution in [2.45, 2.75) is 44.3 Å². The zero-order valence-electron chi connectivity index (χ0n) is 10.5. The summed E-state index contributed by atoms with van der Waals surface area (Å²) in [5.74, 6) is 0.965. The minimum atomic E-state index is 0.416.